The van der Waals surface area contributed by atoms with Crippen LogP contribution in [0.3, 0.4) is 0 Å². The summed E-state index contributed by atoms with van der Waals surface area (Å²) in [6.07, 6.45) is 4.58. The van der Waals surface area contributed by atoms with Gasteiger partial charge in [-0.2, -0.15) is 0 Å². The van der Waals surface area contributed by atoms with Crippen LogP contribution in [0.4, 0.5) is 5.69 Å². The Hall–Kier alpha value is -2.43. The first kappa shape index (κ1) is 14.5. The predicted octanol–water partition coefficient (Wildman–Crippen LogP) is 2.35. The number of ketones is 1. The average Bonchev–Trinajstić information content (AvgIpc) is 3.07. The van der Waals surface area contributed by atoms with E-state index in [4.69, 9.17) is 0 Å². The maximum Gasteiger partial charge on any atom is 0.307 e. The number of carboxylic acid groups (broad SMARTS) is 1. The number of aliphatic carboxylic acids is 1. The summed E-state index contributed by atoms with van der Waals surface area (Å²) in [6.45, 7) is 1.46. The Bertz CT molecular complexity index is 679. The van der Waals surface area contributed by atoms with E-state index >= 15 is 0 Å². The molecule has 0 aliphatic heterocycles. The quantitative estimate of drug-likeness (QED) is 0.660. The number of rotatable bonds is 4. The summed E-state index contributed by atoms with van der Waals surface area (Å²) >= 11 is 0. The molecule has 2 bridgehead atoms. The van der Waals surface area contributed by atoms with Gasteiger partial charge in [-0.1, -0.05) is 24.3 Å². The molecule has 1 aromatic rings. The maximum absolute atomic E-state index is 12.5. The molecule has 1 saturated carbocycles. The van der Waals surface area contributed by atoms with E-state index in [2.05, 4.69) is 5.32 Å². The van der Waals surface area contributed by atoms with Gasteiger partial charge in [0.15, 0.2) is 5.78 Å². The van der Waals surface area contributed by atoms with Gasteiger partial charge in [-0.25, -0.2) is 0 Å². The van der Waals surface area contributed by atoms with Gasteiger partial charge in [0, 0.05) is 11.3 Å². The number of carbonyl (C=O) groups excluding carboxylic acids is 2. The first-order valence-electron chi connectivity index (χ1n) is 7.30. The van der Waals surface area contributed by atoms with E-state index in [1.807, 2.05) is 12.2 Å². The van der Waals surface area contributed by atoms with E-state index in [9.17, 15) is 19.5 Å². The molecule has 0 heterocycles. The van der Waals surface area contributed by atoms with Crippen LogP contribution in [0, 0.1) is 23.7 Å². The number of carboxylic acids is 1. The van der Waals surface area contributed by atoms with Crippen molar-refractivity contribution in [3.05, 3.63) is 42.0 Å². The van der Waals surface area contributed by atoms with Crippen molar-refractivity contribution in [1.29, 1.82) is 0 Å². The van der Waals surface area contributed by atoms with Crippen LogP contribution in [0.1, 0.15) is 23.7 Å². The molecule has 0 aromatic heterocycles. The van der Waals surface area contributed by atoms with Gasteiger partial charge in [-0.05, 0) is 37.3 Å². The Kier molecular flexibility index (Phi) is 3.56. The van der Waals surface area contributed by atoms with Crippen LogP contribution in [0.15, 0.2) is 36.4 Å². The topological polar surface area (TPSA) is 83.5 Å². The second-order valence-electron chi connectivity index (χ2n) is 5.96. The minimum Gasteiger partial charge on any atom is -0.481 e. The van der Waals surface area contributed by atoms with Gasteiger partial charge in [0.1, 0.15) is 0 Å². The average molecular weight is 299 g/mol. The first-order chi connectivity index (χ1) is 10.5. The first-order valence-corrected chi connectivity index (χ1v) is 7.30. The lowest BCUT2D eigenvalue weighted by atomic mass is 9.82. The third kappa shape index (κ3) is 2.43. The van der Waals surface area contributed by atoms with Crippen molar-refractivity contribution in [2.45, 2.75) is 13.3 Å². The van der Waals surface area contributed by atoms with Crippen molar-refractivity contribution in [3.63, 3.8) is 0 Å². The number of allylic oxidation sites excluding steroid dienone is 2. The van der Waals surface area contributed by atoms with Crippen LogP contribution in [-0.2, 0) is 9.59 Å². The lowest BCUT2D eigenvalue weighted by Crippen LogP contribution is -2.36. The van der Waals surface area contributed by atoms with Crippen molar-refractivity contribution < 1.29 is 19.5 Å². The van der Waals surface area contributed by atoms with Crippen molar-refractivity contribution in [1.82, 2.24) is 0 Å². The highest BCUT2D eigenvalue weighted by Crippen LogP contribution is 2.48. The Morgan fingerprint density at radius 2 is 1.82 bits per heavy atom. The summed E-state index contributed by atoms with van der Waals surface area (Å²) in [4.78, 5) is 35.3. The van der Waals surface area contributed by atoms with Crippen LogP contribution in [-0.4, -0.2) is 22.8 Å². The van der Waals surface area contributed by atoms with E-state index in [-0.39, 0.29) is 23.5 Å². The molecule has 22 heavy (non-hydrogen) atoms. The monoisotopic (exact) mass is 299 g/mol. The van der Waals surface area contributed by atoms with Gasteiger partial charge in [-0.15, -0.1) is 0 Å². The van der Waals surface area contributed by atoms with Gasteiger partial charge >= 0.3 is 5.97 Å². The fourth-order valence-corrected chi connectivity index (χ4v) is 3.56. The number of amides is 1. The lowest BCUT2D eigenvalue weighted by Gasteiger charge is -2.23. The molecule has 0 saturated heterocycles. The van der Waals surface area contributed by atoms with Crippen LogP contribution in [0.5, 0.6) is 0 Å². The molecule has 0 radical (unpaired) electrons. The van der Waals surface area contributed by atoms with Gasteiger partial charge in [0.05, 0.1) is 11.8 Å². The number of hydrogen-bond acceptors (Lipinski definition) is 3. The third-order valence-electron chi connectivity index (χ3n) is 4.58. The summed E-state index contributed by atoms with van der Waals surface area (Å²) in [5, 5.41) is 12.1. The van der Waals surface area contributed by atoms with E-state index in [1.165, 1.54) is 6.92 Å². The summed E-state index contributed by atoms with van der Waals surface area (Å²) in [7, 11) is 0. The molecule has 3 rings (SSSR count). The Balaban J connectivity index is 1.80. The van der Waals surface area contributed by atoms with Gasteiger partial charge in [0.25, 0.3) is 0 Å². The number of anilines is 1. The molecule has 114 valence electrons. The zero-order valence-electron chi connectivity index (χ0n) is 12.2. The fourth-order valence-electron chi connectivity index (χ4n) is 3.56. The summed E-state index contributed by atoms with van der Waals surface area (Å²) in [5.74, 6) is -2.56. The van der Waals surface area contributed by atoms with Crippen LogP contribution in [0.25, 0.3) is 0 Å². The largest absolute Gasteiger partial charge is 0.481 e. The minimum absolute atomic E-state index is 0.0120. The third-order valence-corrected chi connectivity index (χ3v) is 4.58. The molecule has 2 N–H and O–H groups in total. The van der Waals surface area contributed by atoms with E-state index in [1.54, 1.807) is 24.3 Å². The molecule has 1 aromatic carbocycles. The zero-order chi connectivity index (χ0) is 15.9. The Morgan fingerprint density at radius 1 is 1.14 bits per heavy atom. The van der Waals surface area contributed by atoms with Gasteiger partial charge in [0.2, 0.25) is 5.91 Å². The highest BCUT2D eigenvalue weighted by Gasteiger charge is 2.51. The molecular formula is C17H17NO4. The van der Waals surface area contributed by atoms with Crippen molar-refractivity contribution >= 4 is 23.3 Å². The molecule has 0 spiro atoms. The van der Waals surface area contributed by atoms with Crippen LogP contribution >= 0.6 is 0 Å². The van der Waals surface area contributed by atoms with E-state index in [0.29, 0.717) is 11.3 Å². The smallest absolute Gasteiger partial charge is 0.307 e. The van der Waals surface area contributed by atoms with Crippen molar-refractivity contribution in [2.75, 3.05) is 5.32 Å². The van der Waals surface area contributed by atoms with E-state index < -0.39 is 17.8 Å². The maximum atomic E-state index is 12.5. The lowest BCUT2D eigenvalue weighted by molar-refractivity contribution is -0.146. The molecule has 5 nitrogen and oxygen atoms in total. The normalized spacial score (nSPS) is 28.6. The van der Waals surface area contributed by atoms with Gasteiger partial charge < -0.3 is 10.4 Å². The second-order valence-corrected chi connectivity index (χ2v) is 5.96. The number of benzene rings is 1. The SMILES string of the molecule is CC(=O)c1cccc(NC(=O)[C@@H]2[C@@H](C(=O)O)[C@H]3C=C[C@H]2C3)c1. The molecule has 2 aliphatic carbocycles. The number of fused-ring (bicyclic) bond motifs is 2. The summed E-state index contributed by atoms with van der Waals surface area (Å²) in [5.41, 5.74) is 1.04. The molecule has 1 amide bonds. The van der Waals surface area contributed by atoms with Crippen molar-refractivity contribution in [3.8, 4) is 0 Å². The Labute approximate surface area is 128 Å². The number of carbonyl (C=O) groups is 3. The number of hydrogen-bond donors (Lipinski definition) is 2. The second kappa shape index (κ2) is 5.40. The van der Waals surface area contributed by atoms with Crippen LogP contribution < -0.4 is 5.32 Å². The fraction of sp³-hybridized carbons (Fsp3) is 0.353. The van der Waals surface area contributed by atoms with E-state index in [0.717, 1.165) is 6.42 Å². The summed E-state index contributed by atoms with van der Waals surface area (Å²) < 4.78 is 0. The molecule has 5 heteroatoms. The van der Waals surface area contributed by atoms with Gasteiger partial charge in [-0.3, -0.25) is 14.4 Å². The molecule has 1 fully saturated rings. The molecule has 2 aliphatic rings. The minimum atomic E-state index is -0.922. The number of nitrogens with one attached hydrogen (secondary N) is 1. The standard InChI is InChI=1S/C17H17NO4/c1-9(19)10-3-2-4-13(8-10)18-16(20)14-11-5-6-12(7-11)15(14)17(21)22/h2-6,8,11-12,14-15H,7H2,1H3,(H,18,20)(H,21,22)/t11-,12-,14-,15-/m0/s1. The molecule has 4 atom stereocenters. The molecule has 0 unspecified atom stereocenters. The molecular weight excluding hydrogens is 282 g/mol. The zero-order valence-corrected chi connectivity index (χ0v) is 12.2. The van der Waals surface area contributed by atoms with Crippen molar-refractivity contribution in [2.24, 2.45) is 23.7 Å². The summed E-state index contributed by atoms with van der Waals surface area (Å²) in [6, 6.07) is 6.68. The highest BCUT2D eigenvalue weighted by molar-refractivity contribution is 5.99. The van der Waals surface area contributed by atoms with Crippen LogP contribution in [0.2, 0.25) is 0 Å². The Morgan fingerprint density at radius 3 is 2.45 bits per heavy atom. The predicted molar refractivity (Wildman–Crippen MR) is 80.4 cm³/mol. The number of Topliss-reactive ketones (excluding diaryl/α,β-unsaturated/α-hetero) is 1. The highest BCUT2D eigenvalue weighted by atomic mass is 16.4.